The number of benzene rings is 2. The zero-order valence-electron chi connectivity index (χ0n) is 16.8. The van der Waals surface area contributed by atoms with E-state index in [0.717, 1.165) is 16.3 Å². The van der Waals surface area contributed by atoms with Gasteiger partial charge in [-0.15, -0.1) is 0 Å². The van der Waals surface area contributed by atoms with Crippen LogP contribution in [0.3, 0.4) is 0 Å². The fraction of sp³-hybridized carbons (Fsp3) is 0. The van der Waals surface area contributed by atoms with Gasteiger partial charge < -0.3 is 20.4 Å². The predicted octanol–water partition coefficient (Wildman–Crippen LogP) is 4.92. The van der Waals surface area contributed by atoms with E-state index >= 15 is 0 Å². The maximum absolute atomic E-state index is 12.8. The van der Waals surface area contributed by atoms with Crippen LogP contribution in [0.5, 0.6) is 0 Å². The molecule has 0 atom stereocenters. The highest BCUT2D eigenvalue weighted by Crippen LogP contribution is 2.25. The molecular formula is C25H18N4O3. The van der Waals surface area contributed by atoms with Crippen molar-refractivity contribution in [1.29, 1.82) is 0 Å². The lowest BCUT2D eigenvalue weighted by Gasteiger charge is -2.04. The zero-order chi connectivity index (χ0) is 22.1. The minimum Gasteiger partial charge on any atom is -0.478 e. The first-order valence-electron chi connectivity index (χ1n) is 9.96. The fourth-order valence-corrected chi connectivity index (χ4v) is 3.70. The molecule has 1 amide bonds. The number of aliphatic carboxylic acids is 1. The highest BCUT2D eigenvalue weighted by atomic mass is 16.4. The SMILES string of the molecule is O=C(O)C(=Cc1c[nH]c2nc(NC(=O)c3c[nH]c4ccccc34)ccc12)c1ccccc1. The minimum absolute atomic E-state index is 0.184. The maximum atomic E-state index is 12.8. The number of pyridine rings is 1. The molecule has 5 aromatic rings. The summed E-state index contributed by atoms with van der Waals surface area (Å²) in [5, 5.41) is 14.1. The molecule has 0 saturated carbocycles. The van der Waals surface area contributed by atoms with Crippen LogP contribution >= 0.6 is 0 Å². The van der Waals surface area contributed by atoms with E-state index in [0.29, 0.717) is 28.2 Å². The number of nitrogens with one attached hydrogen (secondary N) is 3. The number of hydrogen-bond acceptors (Lipinski definition) is 3. The van der Waals surface area contributed by atoms with Crippen molar-refractivity contribution in [2.24, 2.45) is 0 Å². The van der Waals surface area contributed by atoms with Crippen molar-refractivity contribution in [3.8, 4) is 0 Å². The summed E-state index contributed by atoms with van der Waals surface area (Å²) in [4.78, 5) is 35.2. The van der Waals surface area contributed by atoms with Crippen molar-refractivity contribution in [2.45, 2.75) is 0 Å². The van der Waals surface area contributed by atoms with Gasteiger partial charge in [0.1, 0.15) is 11.5 Å². The normalized spacial score (nSPS) is 11.7. The van der Waals surface area contributed by atoms with Crippen LogP contribution in [0.1, 0.15) is 21.5 Å². The Morgan fingerprint density at radius 3 is 2.47 bits per heavy atom. The van der Waals surface area contributed by atoms with Gasteiger partial charge in [-0.25, -0.2) is 9.78 Å². The molecule has 3 heterocycles. The molecule has 4 N–H and O–H groups in total. The largest absolute Gasteiger partial charge is 0.478 e. The second kappa shape index (κ2) is 7.88. The second-order valence-corrected chi connectivity index (χ2v) is 7.27. The summed E-state index contributed by atoms with van der Waals surface area (Å²) >= 11 is 0. The van der Waals surface area contributed by atoms with Crippen LogP contribution in [-0.4, -0.2) is 31.9 Å². The number of rotatable bonds is 5. The molecule has 0 saturated heterocycles. The van der Waals surface area contributed by atoms with Gasteiger partial charge in [-0.05, 0) is 29.8 Å². The molecule has 7 heteroatoms. The zero-order valence-corrected chi connectivity index (χ0v) is 16.8. The predicted molar refractivity (Wildman–Crippen MR) is 124 cm³/mol. The number of anilines is 1. The third-order valence-corrected chi connectivity index (χ3v) is 5.26. The van der Waals surface area contributed by atoms with Crippen LogP contribution in [0, 0.1) is 0 Å². The van der Waals surface area contributed by atoms with Crippen LogP contribution in [0.25, 0.3) is 33.6 Å². The number of fused-ring (bicyclic) bond motifs is 2. The van der Waals surface area contributed by atoms with Crippen LogP contribution in [0.4, 0.5) is 5.82 Å². The number of carbonyl (C=O) groups excluding carboxylic acids is 1. The number of nitrogens with zero attached hydrogens (tertiary/aromatic N) is 1. The van der Waals surface area contributed by atoms with Gasteiger partial charge in [0, 0.05) is 34.2 Å². The molecule has 0 aliphatic rings. The molecule has 0 spiro atoms. The van der Waals surface area contributed by atoms with Crippen molar-refractivity contribution in [2.75, 3.05) is 5.32 Å². The molecular weight excluding hydrogens is 404 g/mol. The lowest BCUT2D eigenvalue weighted by atomic mass is 10.0. The van der Waals surface area contributed by atoms with Gasteiger partial charge in [-0.3, -0.25) is 4.79 Å². The first-order valence-corrected chi connectivity index (χ1v) is 9.96. The first kappa shape index (κ1) is 19.3. The van der Waals surface area contributed by atoms with Gasteiger partial charge >= 0.3 is 5.97 Å². The average molecular weight is 422 g/mol. The van der Waals surface area contributed by atoms with Gasteiger partial charge in [-0.2, -0.15) is 0 Å². The van der Waals surface area contributed by atoms with Crippen molar-refractivity contribution in [1.82, 2.24) is 15.0 Å². The molecule has 0 unspecified atom stereocenters. The highest BCUT2D eigenvalue weighted by Gasteiger charge is 2.15. The van der Waals surface area contributed by atoms with Gasteiger partial charge in [0.05, 0.1) is 11.1 Å². The molecule has 0 radical (unpaired) electrons. The Kier molecular flexibility index (Phi) is 4.76. The number of carbonyl (C=O) groups is 2. The lowest BCUT2D eigenvalue weighted by molar-refractivity contribution is -0.130. The number of aromatic nitrogens is 3. The van der Waals surface area contributed by atoms with E-state index < -0.39 is 5.97 Å². The van der Waals surface area contributed by atoms with E-state index in [1.165, 1.54) is 0 Å². The Hall–Kier alpha value is -4.65. The number of H-pyrrole nitrogens is 2. The monoisotopic (exact) mass is 422 g/mol. The molecule has 32 heavy (non-hydrogen) atoms. The molecule has 5 rings (SSSR count). The minimum atomic E-state index is -1.01. The average Bonchev–Trinajstić information content (AvgIpc) is 3.42. The Bertz CT molecular complexity index is 1500. The first-order chi connectivity index (χ1) is 15.6. The quantitative estimate of drug-likeness (QED) is 0.301. The number of amides is 1. The second-order valence-electron chi connectivity index (χ2n) is 7.27. The summed E-state index contributed by atoms with van der Waals surface area (Å²) in [6.07, 6.45) is 4.99. The van der Waals surface area contributed by atoms with Crippen LogP contribution < -0.4 is 5.32 Å². The number of aromatic amines is 2. The maximum Gasteiger partial charge on any atom is 0.336 e. The molecule has 0 bridgehead atoms. The summed E-state index contributed by atoms with van der Waals surface area (Å²) in [7, 11) is 0. The summed E-state index contributed by atoms with van der Waals surface area (Å²) in [5.74, 6) is -0.883. The van der Waals surface area contributed by atoms with Crippen LogP contribution in [-0.2, 0) is 4.79 Å². The van der Waals surface area contributed by atoms with Gasteiger partial charge in [0.2, 0.25) is 0 Å². The molecule has 2 aromatic carbocycles. The van der Waals surface area contributed by atoms with Crippen LogP contribution in [0.2, 0.25) is 0 Å². The fourth-order valence-electron chi connectivity index (χ4n) is 3.70. The Labute approximate surface area is 182 Å². The Morgan fingerprint density at radius 1 is 0.875 bits per heavy atom. The molecule has 3 aromatic heterocycles. The van der Waals surface area contributed by atoms with Gasteiger partial charge in [0.15, 0.2) is 0 Å². The molecule has 0 aliphatic heterocycles. The smallest absolute Gasteiger partial charge is 0.336 e. The van der Waals surface area contributed by atoms with Gasteiger partial charge in [-0.1, -0.05) is 48.5 Å². The van der Waals surface area contributed by atoms with Crippen molar-refractivity contribution >= 4 is 51.3 Å². The molecule has 0 fully saturated rings. The van der Waals surface area contributed by atoms with Crippen molar-refractivity contribution < 1.29 is 14.7 Å². The van der Waals surface area contributed by atoms with E-state index in [-0.39, 0.29) is 11.5 Å². The number of carboxylic acid groups (broad SMARTS) is 1. The van der Waals surface area contributed by atoms with E-state index in [2.05, 4.69) is 20.3 Å². The van der Waals surface area contributed by atoms with E-state index in [1.807, 2.05) is 30.3 Å². The van der Waals surface area contributed by atoms with Gasteiger partial charge in [0.25, 0.3) is 5.91 Å². The topological polar surface area (TPSA) is 111 Å². The third-order valence-electron chi connectivity index (χ3n) is 5.26. The highest BCUT2D eigenvalue weighted by molar-refractivity contribution is 6.21. The standard InChI is InChI=1S/C25H18N4O3/c30-24(20-14-26-21-9-5-4-8-18(20)21)29-22-11-10-17-16(13-27-23(17)28-22)12-19(25(31)32)15-6-2-1-3-7-15/h1-14,26H,(H,31,32)(H2,27,28,29,30). The van der Waals surface area contributed by atoms with Crippen molar-refractivity contribution in [3.05, 3.63) is 95.8 Å². The summed E-state index contributed by atoms with van der Waals surface area (Å²) in [6, 6.07) is 20.0. The number of para-hydroxylation sites is 1. The molecule has 0 aliphatic carbocycles. The van der Waals surface area contributed by atoms with E-state index in [9.17, 15) is 14.7 Å². The third kappa shape index (κ3) is 3.52. The Balaban J connectivity index is 1.45. The lowest BCUT2D eigenvalue weighted by Crippen LogP contribution is -2.12. The summed E-state index contributed by atoms with van der Waals surface area (Å²) in [6.45, 7) is 0. The molecule has 7 nitrogen and oxygen atoms in total. The summed E-state index contributed by atoms with van der Waals surface area (Å²) < 4.78 is 0. The number of carboxylic acids is 1. The summed E-state index contributed by atoms with van der Waals surface area (Å²) in [5.41, 5.74) is 3.46. The molecule has 156 valence electrons. The number of hydrogen-bond donors (Lipinski definition) is 4. The van der Waals surface area contributed by atoms with E-state index in [1.54, 1.807) is 54.9 Å². The van der Waals surface area contributed by atoms with E-state index in [4.69, 9.17) is 0 Å². The van der Waals surface area contributed by atoms with Crippen molar-refractivity contribution in [3.63, 3.8) is 0 Å². The Morgan fingerprint density at radius 2 is 1.66 bits per heavy atom. The van der Waals surface area contributed by atoms with Crippen LogP contribution in [0.15, 0.2) is 79.1 Å².